The fourth-order valence-corrected chi connectivity index (χ4v) is 2.13. The van der Waals surface area contributed by atoms with Crippen molar-refractivity contribution < 1.29 is 17.7 Å². The van der Waals surface area contributed by atoms with Gasteiger partial charge < -0.3 is 0 Å². The summed E-state index contributed by atoms with van der Waals surface area (Å²) in [5.74, 6) is -0.704. The van der Waals surface area contributed by atoms with Crippen molar-refractivity contribution in [2.75, 3.05) is 0 Å². The number of hydrogen-bond acceptors (Lipinski definition) is 5. The van der Waals surface area contributed by atoms with Crippen molar-refractivity contribution in [3.8, 4) is 17.1 Å². The van der Waals surface area contributed by atoms with Crippen LogP contribution in [0.3, 0.4) is 0 Å². The first-order chi connectivity index (χ1) is 10.9. The monoisotopic (exact) mass is 325 g/mol. The lowest BCUT2D eigenvalue weighted by Gasteiger charge is -2.08. The molecule has 0 unspecified atom stereocenters. The van der Waals surface area contributed by atoms with Crippen molar-refractivity contribution in [3.63, 3.8) is 0 Å². The van der Waals surface area contributed by atoms with E-state index in [4.69, 9.17) is 0 Å². The Morgan fingerprint density at radius 2 is 2.09 bits per heavy atom. The number of nitrogens with zero attached hydrogens (tertiary/aromatic N) is 5. The Bertz CT molecular complexity index is 879. The Hall–Kier alpha value is -2.91. The zero-order valence-corrected chi connectivity index (χ0v) is 11.8. The zero-order chi connectivity index (χ0) is 16.6. The summed E-state index contributed by atoms with van der Waals surface area (Å²) in [6, 6.07) is 3.21. The summed E-state index contributed by atoms with van der Waals surface area (Å²) in [4.78, 5) is 15.8. The molecule has 3 heterocycles. The molecule has 0 aliphatic carbocycles. The lowest BCUT2D eigenvalue weighted by atomic mass is 10.2. The highest BCUT2D eigenvalue weighted by Gasteiger charge is 2.30. The normalized spacial score (nSPS) is 11.8. The number of hydrogen-bond donors (Lipinski definition) is 0. The van der Waals surface area contributed by atoms with Crippen LogP contribution in [0.25, 0.3) is 17.1 Å². The third-order valence-corrected chi connectivity index (χ3v) is 3.18. The van der Waals surface area contributed by atoms with Crippen molar-refractivity contribution >= 4 is 0 Å². The number of aromatic nitrogens is 5. The largest absolute Gasteiger partial charge is 0.446 e. The Kier molecular flexibility index (Phi) is 3.51. The van der Waals surface area contributed by atoms with E-state index in [-0.39, 0.29) is 17.1 Å². The lowest BCUT2D eigenvalue weighted by molar-refractivity contribution is -0.142. The molecule has 120 valence electrons. The first-order valence-corrected chi connectivity index (χ1v) is 6.45. The van der Waals surface area contributed by atoms with E-state index in [1.54, 1.807) is 12.1 Å². The van der Waals surface area contributed by atoms with Crippen molar-refractivity contribution in [2.24, 2.45) is 0 Å². The van der Waals surface area contributed by atoms with Gasteiger partial charge in [0.15, 0.2) is 5.82 Å². The van der Waals surface area contributed by atoms with Gasteiger partial charge in [-0.05, 0) is 19.1 Å². The van der Waals surface area contributed by atoms with E-state index in [0.29, 0.717) is 5.69 Å². The van der Waals surface area contributed by atoms with Crippen LogP contribution in [0.15, 0.2) is 40.0 Å². The number of pyridine rings is 1. The molecule has 3 rings (SSSR count). The molecule has 0 saturated heterocycles. The van der Waals surface area contributed by atoms with E-state index in [2.05, 4.69) is 19.8 Å². The van der Waals surface area contributed by atoms with Gasteiger partial charge in [-0.2, -0.15) is 18.3 Å². The number of rotatable bonds is 3. The Balaban J connectivity index is 2.10. The average Bonchev–Trinajstić information content (AvgIpc) is 3.02. The fourth-order valence-electron chi connectivity index (χ4n) is 2.13. The third-order valence-electron chi connectivity index (χ3n) is 3.18. The second-order valence-electron chi connectivity index (χ2n) is 4.74. The smallest absolute Gasteiger partial charge is 0.295 e. The standard InChI is InChI=1S/C13H10F3N5O2/c1-8-10(6-18-20(8)7-13(14,15)16)11-19-23-12(22)21(11)9-3-2-4-17-5-9/h2-6H,7H2,1H3. The minimum atomic E-state index is -4.40. The van der Waals surface area contributed by atoms with Crippen LogP contribution in [0.2, 0.25) is 0 Å². The van der Waals surface area contributed by atoms with Crippen LogP contribution in [-0.4, -0.2) is 30.7 Å². The first-order valence-electron chi connectivity index (χ1n) is 6.45. The van der Waals surface area contributed by atoms with Gasteiger partial charge in [0.05, 0.1) is 23.6 Å². The van der Waals surface area contributed by atoms with E-state index in [1.807, 2.05) is 0 Å². The molecule has 0 amide bonds. The highest BCUT2D eigenvalue weighted by Crippen LogP contribution is 2.25. The molecular weight excluding hydrogens is 315 g/mol. The number of alkyl halides is 3. The third kappa shape index (κ3) is 2.87. The molecule has 0 radical (unpaired) electrons. The van der Waals surface area contributed by atoms with Gasteiger partial charge in [0, 0.05) is 11.9 Å². The van der Waals surface area contributed by atoms with Crippen LogP contribution in [0.4, 0.5) is 13.2 Å². The zero-order valence-electron chi connectivity index (χ0n) is 11.8. The minimum absolute atomic E-state index is 0.0638. The van der Waals surface area contributed by atoms with Gasteiger partial charge in [-0.25, -0.2) is 9.36 Å². The Morgan fingerprint density at radius 1 is 1.30 bits per heavy atom. The molecule has 0 fully saturated rings. The molecule has 3 aromatic heterocycles. The van der Waals surface area contributed by atoms with E-state index >= 15 is 0 Å². The second kappa shape index (κ2) is 5.38. The SMILES string of the molecule is Cc1c(-c2noc(=O)n2-c2cccnc2)cnn1CC(F)(F)F. The molecule has 0 bridgehead atoms. The van der Waals surface area contributed by atoms with E-state index in [0.717, 1.165) is 9.25 Å². The predicted molar refractivity (Wildman–Crippen MR) is 71.9 cm³/mol. The molecule has 0 atom stereocenters. The van der Waals surface area contributed by atoms with Gasteiger partial charge in [0.1, 0.15) is 6.54 Å². The predicted octanol–water partition coefficient (Wildman–Crippen LogP) is 1.95. The summed E-state index contributed by atoms with van der Waals surface area (Å²) in [7, 11) is 0. The van der Waals surface area contributed by atoms with Crippen LogP contribution < -0.4 is 5.76 Å². The van der Waals surface area contributed by atoms with E-state index < -0.39 is 18.5 Å². The highest BCUT2D eigenvalue weighted by molar-refractivity contribution is 5.59. The molecular formula is C13H10F3N5O2. The summed E-state index contributed by atoms with van der Waals surface area (Å²) in [5.41, 5.74) is 0.869. The van der Waals surface area contributed by atoms with Gasteiger partial charge in [0.25, 0.3) is 0 Å². The molecule has 3 aromatic rings. The molecule has 10 heteroatoms. The Morgan fingerprint density at radius 3 is 2.74 bits per heavy atom. The maximum absolute atomic E-state index is 12.5. The molecule has 0 aliphatic rings. The highest BCUT2D eigenvalue weighted by atomic mass is 19.4. The summed E-state index contributed by atoms with van der Waals surface area (Å²) in [6.45, 7) is 0.231. The van der Waals surface area contributed by atoms with Crippen molar-refractivity contribution in [1.82, 2.24) is 24.5 Å². The van der Waals surface area contributed by atoms with Crippen LogP contribution in [0.5, 0.6) is 0 Å². The topological polar surface area (TPSA) is 78.7 Å². The first kappa shape index (κ1) is 15.0. The van der Waals surface area contributed by atoms with Crippen LogP contribution in [0.1, 0.15) is 5.69 Å². The van der Waals surface area contributed by atoms with Gasteiger partial charge >= 0.3 is 11.9 Å². The molecule has 0 aromatic carbocycles. The van der Waals surface area contributed by atoms with Gasteiger partial charge in [-0.3, -0.25) is 14.2 Å². The van der Waals surface area contributed by atoms with Crippen LogP contribution >= 0.6 is 0 Å². The molecule has 0 saturated carbocycles. The van der Waals surface area contributed by atoms with Gasteiger partial charge in [-0.15, -0.1) is 0 Å². The quantitative estimate of drug-likeness (QED) is 0.735. The van der Waals surface area contributed by atoms with Crippen LogP contribution in [-0.2, 0) is 6.54 Å². The molecule has 7 nitrogen and oxygen atoms in total. The van der Waals surface area contributed by atoms with Crippen molar-refractivity contribution in [2.45, 2.75) is 19.6 Å². The molecule has 0 spiro atoms. The number of halogens is 3. The second-order valence-corrected chi connectivity index (χ2v) is 4.74. The minimum Gasteiger partial charge on any atom is -0.295 e. The van der Waals surface area contributed by atoms with Crippen molar-refractivity contribution in [1.29, 1.82) is 0 Å². The molecule has 0 aliphatic heterocycles. The summed E-state index contributed by atoms with van der Waals surface area (Å²) in [5, 5.41) is 7.35. The summed E-state index contributed by atoms with van der Waals surface area (Å²) >= 11 is 0. The average molecular weight is 325 g/mol. The summed E-state index contributed by atoms with van der Waals surface area (Å²) in [6.07, 6.45) is -0.252. The molecule has 23 heavy (non-hydrogen) atoms. The fraction of sp³-hybridized carbons (Fsp3) is 0.231. The van der Waals surface area contributed by atoms with E-state index in [9.17, 15) is 18.0 Å². The van der Waals surface area contributed by atoms with Crippen molar-refractivity contribution in [3.05, 3.63) is 47.0 Å². The molecule has 0 N–H and O–H groups in total. The van der Waals surface area contributed by atoms with Gasteiger partial charge in [-0.1, -0.05) is 5.16 Å². The maximum atomic E-state index is 12.5. The summed E-state index contributed by atoms with van der Waals surface area (Å²) < 4.78 is 44.1. The van der Waals surface area contributed by atoms with Gasteiger partial charge in [0.2, 0.25) is 0 Å². The lowest BCUT2D eigenvalue weighted by Crippen LogP contribution is -2.19. The Labute approximate surface area is 127 Å². The van der Waals surface area contributed by atoms with E-state index in [1.165, 1.54) is 25.5 Å². The van der Waals surface area contributed by atoms with Crippen LogP contribution in [0, 0.1) is 6.92 Å². The maximum Gasteiger partial charge on any atom is 0.446 e.